The molecule has 5 rings (SSSR count). The van der Waals surface area contributed by atoms with Gasteiger partial charge in [-0.25, -0.2) is 8.78 Å². The number of carbonyl (C=O) groups is 1. The van der Waals surface area contributed by atoms with Gasteiger partial charge >= 0.3 is 29.6 Å². The summed E-state index contributed by atoms with van der Waals surface area (Å²) in [5.74, 6) is -2.30. The van der Waals surface area contributed by atoms with Crippen molar-refractivity contribution < 1.29 is 58.5 Å². The van der Waals surface area contributed by atoms with E-state index in [-0.39, 0.29) is 60.4 Å². The third kappa shape index (κ3) is 6.61. The largest absolute Gasteiger partial charge is 1.00 e. The molecule has 0 fully saturated rings. The second-order valence-electron chi connectivity index (χ2n) is 10.8. The van der Waals surface area contributed by atoms with Crippen LogP contribution in [0.15, 0.2) is 77.6 Å². The van der Waals surface area contributed by atoms with Crippen molar-refractivity contribution in [1.82, 2.24) is 9.13 Å². The molecule has 0 amide bonds. The predicted molar refractivity (Wildman–Crippen MR) is 155 cm³/mol. The van der Waals surface area contributed by atoms with Gasteiger partial charge < -0.3 is 24.7 Å². The molecule has 7 nitrogen and oxygen atoms in total. The molecule has 3 aromatic carbocycles. The Morgan fingerprint density at radius 3 is 2.28 bits per heavy atom. The maximum atomic E-state index is 14.4. The number of rotatable bonds is 10. The third-order valence-corrected chi connectivity index (χ3v) is 7.50. The molecule has 10 heteroatoms. The van der Waals surface area contributed by atoms with Crippen LogP contribution in [0.2, 0.25) is 0 Å². The van der Waals surface area contributed by atoms with Gasteiger partial charge in [0.25, 0.3) is 5.56 Å². The summed E-state index contributed by atoms with van der Waals surface area (Å²) < 4.78 is 31.7. The Morgan fingerprint density at radius 2 is 1.63 bits per heavy atom. The number of carboxylic acids is 1. The first-order valence-electron chi connectivity index (χ1n) is 13.8. The van der Waals surface area contributed by atoms with Gasteiger partial charge in [0.15, 0.2) is 0 Å². The first-order valence-corrected chi connectivity index (χ1v) is 13.8. The second-order valence-corrected chi connectivity index (χ2v) is 10.8. The average molecular weight is 597 g/mol. The number of pyridine rings is 1. The van der Waals surface area contributed by atoms with Crippen molar-refractivity contribution in [3.8, 4) is 16.8 Å². The molecule has 0 aliphatic carbocycles. The van der Waals surface area contributed by atoms with Gasteiger partial charge in [0.1, 0.15) is 17.2 Å². The van der Waals surface area contributed by atoms with E-state index in [9.17, 15) is 33.7 Å². The van der Waals surface area contributed by atoms with Crippen molar-refractivity contribution in [1.29, 1.82) is 0 Å². The number of aliphatic hydroxyl groups is 2. The molecule has 218 valence electrons. The standard InChI is InChI=1S/C33H32F2N2O5.Na/c1-19(2)36-28(15-14-24(38)17-25(39)18-29(40)41)30(20-10-12-21(34)13-11-20)31-26-8-3-4-9-27(26)37(33(42)32(31)36)23-7-5-6-22(35)16-23;/h3-13,16,19,24-25,38-39H,14-15,17-18H2,1-2H3,(H,40,41);/q;+1/p-1/t24-,25-;/m1./s1. The van der Waals surface area contributed by atoms with Crippen LogP contribution in [0.5, 0.6) is 0 Å². The number of aliphatic carboxylic acids is 1. The monoisotopic (exact) mass is 596 g/mol. The Morgan fingerprint density at radius 1 is 0.930 bits per heavy atom. The van der Waals surface area contributed by atoms with E-state index in [1.807, 2.05) is 30.5 Å². The zero-order valence-electron chi connectivity index (χ0n) is 24.3. The van der Waals surface area contributed by atoms with Gasteiger partial charge in [0, 0.05) is 40.5 Å². The molecule has 0 radical (unpaired) electrons. The first-order chi connectivity index (χ1) is 20.1. The molecule has 0 saturated carbocycles. The van der Waals surface area contributed by atoms with Gasteiger partial charge in [-0.3, -0.25) is 9.36 Å². The summed E-state index contributed by atoms with van der Waals surface area (Å²) in [5, 5.41) is 33.0. The minimum atomic E-state index is -1.41. The number of para-hydroxylation sites is 1. The summed E-state index contributed by atoms with van der Waals surface area (Å²) in [6, 6.07) is 18.9. The van der Waals surface area contributed by atoms with E-state index in [1.165, 1.54) is 28.8 Å². The van der Waals surface area contributed by atoms with Gasteiger partial charge in [-0.2, -0.15) is 0 Å². The van der Waals surface area contributed by atoms with Gasteiger partial charge in [0.05, 0.1) is 23.4 Å². The zero-order chi connectivity index (χ0) is 30.1. The molecule has 2 heterocycles. The van der Waals surface area contributed by atoms with E-state index in [0.717, 1.165) is 11.1 Å². The van der Waals surface area contributed by atoms with Crippen LogP contribution in [0, 0.1) is 11.6 Å². The molecule has 0 spiro atoms. The number of carbonyl (C=O) groups excluding carboxylic acids is 1. The van der Waals surface area contributed by atoms with Crippen LogP contribution >= 0.6 is 0 Å². The Balaban J connectivity index is 0.00000423. The summed E-state index contributed by atoms with van der Waals surface area (Å²) in [5.41, 5.74) is 3.07. The number of hydrogen-bond donors (Lipinski definition) is 2. The molecule has 0 aliphatic heterocycles. The maximum Gasteiger partial charge on any atom is 1.00 e. The van der Waals surface area contributed by atoms with Crippen molar-refractivity contribution in [2.45, 2.75) is 57.8 Å². The van der Waals surface area contributed by atoms with Crippen LogP contribution in [0.25, 0.3) is 38.6 Å². The Kier molecular flexibility index (Phi) is 10.2. The van der Waals surface area contributed by atoms with E-state index >= 15 is 0 Å². The fraction of sp³-hybridized carbons (Fsp3) is 0.273. The Labute approximate surface area is 269 Å². The minimum absolute atomic E-state index is 0. The minimum Gasteiger partial charge on any atom is -0.550 e. The number of hydrogen-bond acceptors (Lipinski definition) is 5. The van der Waals surface area contributed by atoms with Gasteiger partial charge in [-0.15, -0.1) is 0 Å². The summed E-state index contributed by atoms with van der Waals surface area (Å²) in [6.45, 7) is 3.86. The molecular formula is C33H31F2N2NaO5. The van der Waals surface area contributed by atoms with E-state index in [2.05, 4.69) is 0 Å². The molecule has 43 heavy (non-hydrogen) atoms. The fourth-order valence-electron chi connectivity index (χ4n) is 5.83. The van der Waals surface area contributed by atoms with Crippen LogP contribution in [0.1, 0.15) is 44.8 Å². The SMILES string of the molecule is CC(C)n1c(CC[C@@H](O)C[C@@H](O)CC(=O)[O-])c(-c2ccc(F)cc2)c2c3ccccc3n(-c3cccc(F)c3)c(=O)c21.[Na+]. The van der Waals surface area contributed by atoms with Crippen molar-refractivity contribution >= 4 is 27.8 Å². The number of benzene rings is 3. The number of aromatic nitrogens is 2. The van der Waals surface area contributed by atoms with Crippen LogP contribution in [0.4, 0.5) is 8.78 Å². The second kappa shape index (κ2) is 13.5. The van der Waals surface area contributed by atoms with Crippen LogP contribution in [-0.2, 0) is 11.2 Å². The normalized spacial score (nSPS) is 12.9. The smallest absolute Gasteiger partial charge is 0.550 e. The third-order valence-electron chi connectivity index (χ3n) is 7.50. The Hall–Kier alpha value is -3.34. The van der Waals surface area contributed by atoms with Gasteiger partial charge in [-0.1, -0.05) is 36.4 Å². The summed E-state index contributed by atoms with van der Waals surface area (Å²) >= 11 is 0. The predicted octanol–water partition coefficient (Wildman–Crippen LogP) is 1.66. The molecule has 0 bridgehead atoms. The summed E-state index contributed by atoms with van der Waals surface area (Å²) in [6.07, 6.45) is -2.60. The maximum absolute atomic E-state index is 14.4. The topological polar surface area (TPSA) is 108 Å². The number of halogens is 2. The van der Waals surface area contributed by atoms with E-state index in [1.54, 1.807) is 36.4 Å². The average Bonchev–Trinajstić information content (AvgIpc) is 3.28. The quantitative estimate of drug-likeness (QED) is 0.239. The van der Waals surface area contributed by atoms with Gasteiger partial charge in [-0.05, 0) is 75.1 Å². The van der Waals surface area contributed by atoms with Crippen molar-refractivity contribution in [3.63, 3.8) is 0 Å². The molecular weight excluding hydrogens is 565 g/mol. The Bertz CT molecular complexity index is 1830. The molecule has 0 aliphatic rings. The van der Waals surface area contributed by atoms with Crippen molar-refractivity contribution in [2.75, 3.05) is 0 Å². The number of aliphatic hydroxyl groups excluding tert-OH is 2. The number of nitrogens with zero attached hydrogens (tertiary/aromatic N) is 2. The first kappa shape index (κ1) is 32.6. The fourth-order valence-corrected chi connectivity index (χ4v) is 5.83. The molecule has 0 unspecified atom stereocenters. The van der Waals surface area contributed by atoms with Gasteiger partial charge in [0.2, 0.25) is 0 Å². The molecule has 5 aromatic rings. The van der Waals surface area contributed by atoms with E-state index in [0.29, 0.717) is 33.2 Å². The van der Waals surface area contributed by atoms with Crippen LogP contribution < -0.4 is 40.2 Å². The summed E-state index contributed by atoms with van der Waals surface area (Å²) in [4.78, 5) is 25.3. The number of carboxylic acid groups (broad SMARTS) is 1. The molecule has 2 N–H and O–H groups in total. The van der Waals surface area contributed by atoms with Crippen molar-refractivity contribution in [3.05, 3.63) is 100 Å². The molecule has 2 aromatic heterocycles. The van der Waals surface area contributed by atoms with Crippen LogP contribution in [0.3, 0.4) is 0 Å². The van der Waals surface area contributed by atoms with Crippen LogP contribution in [-0.4, -0.2) is 37.5 Å². The van der Waals surface area contributed by atoms with Crippen molar-refractivity contribution in [2.24, 2.45) is 0 Å². The molecule has 2 atom stereocenters. The van der Waals surface area contributed by atoms with E-state index < -0.39 is 36.2 Å². The zero-order valence-corrected chi connectivity index (χ0v) is 26.3. The summed E-state index contributed by atoms with van der Waals surface area (Å²) in [7, 11) is 0. The van der Waals surface area contributed by atoms with E-state index in [4.69, 9.17) is 0 Å². The number of fused-ring (bicyclic) bond motifs is 3. The molecule has 0 saturated heterocycles.